The number of fused-ring (bicyclic) bond motifs is 1. The topological polar surface area (TPSA) is 82.1 Å². The van der Waals surface area contributed by atoms with Gasteiger partial charge in [-0.05, 0) is 45.7 Å². The molecule has 33 heavy (non-hydrogen) atoms. The summed E-state index contributed by atoms with van der Waals surface area (Å²) in [5.41, 5.74) is -0.757. The first-order valence-corrected chi connectivity index (χ1v) is 11.6. The molecular formula is C21H21ClF3N5O2S. The number of pyridine rings is 2. The van der Waals surface area contributed by atoms with Gasteiger partial charge in [0, 0.05) is 36.4 Å². The Bertz CT molecular complexity index is 1370. The second kappa shape index (κ2) is 8.05. The molecule has 1 aliphatic rings. The summed E-state index contributed by atoms with van der Waals surface area (Å²) in [7, 11) is -0.181. The number of hydrogen-bond donors (Lipinski definition) is 0. The van der Waals surface area contributed by atoms with Crippen LogP contribution in [-0.2, 0) is 24.2 Å². The van der Waals surface area contributed by atoms with Crippen molar-refractivity contribution in [2.24, 2.45) is 11.4 Å². The predicted octanol–water partition coefficient (Wildman–Crippen LogP) is 4.44. The molecule has 0 aliphatic heterocycles. The van der Waals surface area contributed by atoms with E-state index in [2.05, 4.69) is 14.5 Å². The zero-order valence-corrected chi connectivity index (χ0v) is 19.8. The normalized spacial score (nSPS) is 16.4. The van der Waals surface area contributed by atoms with Gasteiger partial charge in [0.25, 0.3) is 5.56 Å². The number of nitrogens with zero attached hydrogens (tertiary/aromatic N) is 5. The lowest BCUT2D eigenvalue weighted by molar-refractivity contribution is -0.141. The first kappa shape index (κ1) is 23.6. The van der Waals surface area contributed by atoms with Crippen molar-refractivity contribution in [3.8, 4) is 0 Å². The van der Waals surface area contributed by atoms with Crippen molar-refractivity contribution in [3.63, 3.8) is 0 Å². The Morgan fingerprint density at radius 2 is 1.94 bits per heavy atom. The molecule has 1 saturated carbocycles. The molecular weight excluding hydrogens is 479 g/mol. The Hall–Kier alpha value is -2.53. The fourth-order valence-corrected chi connectivity index (χ4v) is 4.26. The van der Waals surface area contributed by atoms with E-state index in [1.807, 2.05) is 0 Å². The molecule has 0 amide bonds. The molecule has 0 spiro atoms. The van der Waals surface area contributed by atoms with Crippen molar-refractivity contribution in [3.05, 3.63) is 56.9 Å². The van der Waals surface area contributed by atoms with Crippen molar-refractivity contribution in [2.75, 3.05) is 0 Å². The van der Waals surface area contributed by atoms with E-state index in [9.17, 15) is 22.2 Å². The lowest BCUT2D eigenvalue weighted by Crippen LogP contribution is -2.22. The second-order valence-corrected chi connectivity index (χ2v) is 11.2. The molecule has 7 nitrogen and oxygen atoms in total. The first-order chi connectivity index (χ1) is 15.3. The molecule has 0 saturated heterocycles. The van der Waals surface area contributed by atoms with Crippen molar-refractivity contribution in [1.82, 2.24) is 19.3 Å². The quantitative estimate of drug-likeness (QED) is 0.497. The van der Waals surface area contributed by atoms with Crippen molar-refractivity contribution in [1.29, 1.82) is 0 Å². The zero-order valence-electron chi connectivity index (χ0n) is 18.3. The average molecular weight is 500 g/mol. The summed E-state index contributed by atoms with van der Waals surface area (Å²) >= 11 is 5.90. The molecule has 0 radical (unpaired) electrons. The summed E-state index contributed by atoms with van der Waals surface area (Å²) in [6.45, 7) is 5.16. The maximum atomic E-state index is 13.2. The Balaban J connectivity index is 1.96. The van der Waals surface area contributed by atoms with Crippen LogP contribution in [0.3, 0.4) is 0 Å². The van der Waals surface area contributed by atoms with Gasteiger partial charge < -0.3 is 4.57 Å². The minimum atomic E-state index is -4.73. The molecule has 3 heterocycles. The van der Waals surface area contributed by atoms with Crippen LogP contribution in [0.4, 0.5) is 13.2 Å². The highest BCUT2D eigenvalue weighted by Gasteiger charge is 2.36. The monoisotopic (exact) mass is 499 g/mol. The Morgan fingerprint density at radius 1 is 1.27 bits per heavy atom. The molecule has 3 aromatic heterocycles. The number of halogens is 4. The van der Waals surface area contributed by atoms with E-state index >= 15 is 0 Å². The van der Waals surface area contributed by atoms with Gasteiger partial charge in [-0.3, -0.25) is 9.48 Å². The largest absolute Gasteiger partial charge is 0.434 e. The van der Waals surface area contributed by atoms with Crippen LogP contribution in [0.5, 0.6) is 0 Å². The molecule has 4 rings (SSSR count). The van der Waals surface area contributed by atoms with Crippen LogP contribution in [0, 0.1) is 0 Å². The highest BCUT2D eigenvalue weighted by molar-refractivity contribution is 7.85. The van der Waals surface area contributed by atoms with Crippen molar-refractivity contribution < 1.29 is 17.4 Å². The third-order valence-electron chi connectivity index (χ3n) is 5.17. The molecule has 1 atom stereocenters. The minimum absolute atomic E-state index is 0.0833. The molecule has 12 heteroatoms. The molecule has 3 aromatic rings. The van der Waals surface area contributed by atoms with Crippen LogP contribution >= 0.6 is 11.6 Å². The number of hydrogen-bond acceptors (Lipinski definition) is 4. The summed E-state index contributed by atoms with van der Waals surface area (Å²) < 4.78 is 59.1. The molecule has 0 bridgehead atoms. The highest BCUT2D eigenvalue weighted by atomic mass is 35.5. The van der Waals surface area contributed by atoms with E-state index in [1.165, 1.54) is 4.68 Å². The van der Waals surface area contributed by atoms with E-state index in [0.717, 1.165) is 25.1 Å². The standard InChI is InChI=1S/C21H21ClF3N5O2S/c1-20(2,3)33(32)28-15(11-9-14(22)18(26-10-11)21(23,24)25)17-13-7-8-30(12-5-6-12)19(31)16(13)27-29(17)4/h7-10,12H,5-6H2,1-4H3/b28-15+. The van der Waals surface area contributed by atoms with Crippen molar-refractivity contribution in [2.45, 2.75) is 50.6 Å². The van der Waals surface area contributed by atoms with E-state index in [-0.39, 0.29) is 28.4 Å². The lowest BCUT2D eigenvalue weighted by Gasteiger charge is -2.16. The third kappa shape index (κ3) is 4.48. The van der Waals surface area contributed by atoms with Gasteiger partial charge >= 0.3 is 6.18 Å². The Morgan fingerprint density at radius 3 is 2.48 bits per heavy atom. The SMILES string of the molecule is Cn1nc2c(=O)n(C3CC3)ccc2c1/C(=N/S(=O)C(C)(C)C)c1cnc(C(F)(F)F)c(Cl)c1. The van der Waals surface area contributed by atoms with Crippen LogP contribution in [0.25, 0.3) is 10.9 Å². The number of aryl methyl sites for hydroxylation is 1. The van der Waals surface area contributed by atoms with Crippen LogP contribution < -0.4 is 5.56 Å². The van der Waals surface area contributed by atoms with Gasteiger partial charge in [-0.25, -0.2) is 9.19 Å². The molecule has 1 aliphatic carbocycles. The second-order valence-electron chi connectivity index (χ2n) is 8.85. The Kier molecular flexibility index (Phi) is 5.76. The molecule has 0 aromatic carbocycles. The number of rotatable bonds is 4. The van der Waals surface area contributed by atoms with E-state index in [1.54, 1.807) is 44.6 Å². The molecule has 1 fully saturated rings. The fourth-order valence-electron chi connectivity index (χ4n) is 3.35. The summed E-state index contributed by atoms with van der Waals surface area (Å²) in [6.07, 6.45) is -0.244. The van der Waals surface area contributed by atoms with E-state index in [0.29, 0.717) is 11.1 Å². The first-order valence-electron chi connectivity index (χ1n) is 10.1. The van der Waals surface area contributed by atoms with E-state index < -0.39 is 32.6 Å². The zero-order chi connectivity index (χ0) is 24.3. The number of alkyl halides is 3. The average Bonchev–Trinajstić information content (AvgIpc) is 3.47. The Labute approximate surface area is 194 Å². The van der Waals surface area contributed by atoms with Gasteiger partial charge in [-0.1, -0.05) is 11.6 Å². The van der Waals surface area contributed by atoms with Crippen LogP contribution in [0.2, 0.25) is 5.02 Å². The minimum Gasteiger partial charge on any atom is -0.311 e. The van der Waals surface area contributed by atoms with Gasteiger partial charge in [-0.2, -0.15) is 22.7 Å². The molecule has 1 unspecified atom stereocenters. The molecule has 176 valence electrons. The predicted molar refractivity (Wildman–Crippen MR) is 121 cm³/mol. The number of aromatic nitrogens is 4. The van der Waals surface area contributed by atoms with Crippen molar-refractivity contribution >= 4 is 39.2 Å². The summed E-state index contributed by atoms with van der Waals surface area (Å²) in [4.78, 5) is 16.4. The van der Waals surface area contributed by atoms with Gasteiger partial charge in [0.1, 0.15) is 16.7 Å². The maximum absolute atomic E-state index is 13.2. The lowest BCUT2D eigenvalue weighted by atomic mass is 10.1. The van der Waals surface area contributed by atoms with Crippen LogP contribution in [-0.4, -0.2) is 34.0 Å². The van der Waals surface area contributed by atoms with Crippen LogP contribution in [0.1, 0.15) is 56.6 Å². The van der Waals surface area contributed by atoms with Gasteiger partial charge in [-0.15, -0.1) is 0 Å². The van der Waals surface area contributed by atoms with Crippen LogP contribution in [0.15, 0.2) is 33.7 Å². The third-order valence-corrected chi connectivity index (χ3v) is 6.85. The maximum Gasteiger partial charge on any atom is 0.434 e. The summed E-state index contributed by atoms with van der Waals surface area (Å²) in [5, 5.41) is 4.18. The molecule has 0 N–H and O–H groups in total. The summed E-state index contributed by atoms with van der Waals surface area (Å²) in [6, 6.07) is 2.94. The van der Waals surface area contributed by atoms with Gasteiger partial charge in [0.15, 0.2) is 11.2 Å². The smallest absolute Gasteiger partial charge is 0.311 e. The van der Waals surface area contributed by atoms with Gasteiger partial charge in [0.05, 0.1) is 15.5 Å². The fraction of sp³-hybridized carbons (Fsp3) is 0.429. The van der Waals surface area contributed by atoms with Gasteiger partial charge in [0.2, 0.25) is 0 Å². The summed E-state index contributed by atoms with van der Waals surface area (Å²) in [5.74, 6) is 0. The van der Waals surface area contributed by atoms with E-state index in [4.69, 9.17) is 11.6 Å². The highest BCUT2D eigenvalue weighted by Crippen LogP contribution is 2.35.